The van der Waals surface area contributed by atoms with Crippen LogP contribution >= 0.6 is 0 Å². The molecule has 2 atom stereocenters. The van der Waals surface area contributed by atoms with E-state index in [4.69, 9.17) is 0 Å². The van der Waals surface area contributed by atoms with Gasteiger partial charge in [0.15, 0.2) is 0 Å². The van der Waals surface area contributed by atoms with E-state index in [1.807, 2.05) is 0 Å². The lowest BCUT2D eigenvalue weighted by atomic mass is 10.0. The summed E-state index contributed by atoms with van der Waals surface area (Å²) in [6, 6.07) is 0. The zero-order valence-electron chi connectivity index (χ0n) is 9.00. The quantitative estimate of drug-likeness (QED) is 0.649. The van der Waals surface area contributed by atoms with Gasteiger partial charge in [0.2, 0.25) is 0 Å². The predicted octanol–water partition coefficient (Wildman–Crippen LogP) is 1.28. The van der Waals surface area contributed by atoms with E-state index in [0.717, 1.165) is 11.8 Å². The highest BCUT2D eigenvalue weighted by molar-refractivity contribution is 4.91. The molecule has 76 valence electrons. The molecule has 0 aliphatic carbocycles. The number of rotatable bonds is 3. The van der Waals surface area contributed by atoms with E-state index >= 15 is 0 Å². The molecule has 0 aromatic rings. The molecule has 13 heavy (non-hydrogen) atoms. The molecule has 0 radical (unpaired) electrons. The molecule has 0 N–H and O–H groups in total. The Morgan fingerprint density at radius 3 is 2.23 bits per heavy atom. The Kier molecular flexibility index (Phi) is 2.89. The summed E-state index contributed by atoms with van der Waals surface area (Å²) < 4.78 is 0. The molecule has 0 aromatic heterocycles. The fraction of sp³-hybridized carbons (Fsp3) is 1.00. The molecule has 0 spiro atoms. The molecule has 0 aromatic carbocycles. The van der Waals surface area contributed by atoms with Gasteiger partial charge in [0.05, 0.1) is 0 Å². The molecule has 0 saturated carbocycles. The Balaban J connectivity index is 1.77. The van der Waals surface area contributed by atoms with E-state index in [-0.39, 0.29) is 0 Å². The van der Waals surface area contributed by atoms with E-state index in [2.05, 4.69) is 23.8 Å². The fourth-order valence-electron chi connectivity index (χ4n) is 2.89. The van der Waals surface area contributed by atoms with Crippen molar-refractivity contribution in [3.63, 3.8) is 0 Å². The van der Waals surface area contributed by atoms with Crippen LogP contribution in [0.15, 0.2) is 0 Å². The van der Waals surface area contributed by atoms with Crippen molar-refractivity contribution in [2.75, 3.05) is 39.8 Å². The van der Waals surface area contributed by atoms with Crippen LogP contribution in [0.25, 0.3) is 0 Å². The summed E-state index contributed by atoms with van der Waals surface area (Å²) in [4.78, 5) is 5.17. The summed E-state index contributed by atoms with van der Waals surface area (Å²) in [6.07, 6.45) is 2.72. The molecule has 0 amide bonds. The average molecular weight is 182 g/mol. The monoisotopic (exact) mass is 182 g/mol. The van der Waals surface area contributed by atoms with Crippen molar-refractivity contribution >= 4 is 0 Å². The minimum absolute atomic E-state index is 0.988. The number of hydrogen-bond donors (Lipinski definition) is 0. The van der Waals surface area contributed by atoms with Crippen molar-refractivity contribution < 1.29 is 0 Å². The van der Waals surface area contributed by atoms with Gasteiger partial charge in [-0.2, -0.15) is 0 Å². The van der Waals surface area contributed by atoms with Crippen LogP contribution in [0.5, 0.6) is 0 Å². The number of likely N-dealkylation sites (tertiary alicyclic amines) is 2. The van der Waals surface area contributed by atoms with Gasteiger partial charge in [0, 0.05) is 26.2 Å². The van der Waals surface area contributed by atoms with Crippen molar-refractivity contribution in [3.05, 3.63) is 0 Å². The highest BCUT2D eigenvalue weighted by Crippen LogP contribution is 2.29. The normalized spacial score (nSPS) is 35.5. The Morgan fingerprint density at radius 2 is 1.69 bits per heavy atom. The molecule has 2 nitrogen and oxygen atoms in total. The molecule has 2 aliphatic heterocycles. The van der Waals surface area contributed by atoms with Crippen molar-refractivity contribution in [1.82, 2.24) is 9.80 Å². The standard InChI is InChI=1S/C11H22N2/c1-3-4-5-13-8-10-6-12(2)7-11(10)9-13/h10-11H,3-9H2,1-2H3/t10-,11+. The first kappa shape index (κ1) is 9.47. The highest BCUT2D eigenvalue weighted by Gasteiger charge is 2.37. The van der Waals surface area contributed by atoms with Gasteiger partial charge < -0.3 is 9.80 Å². The summed E-state index contributed by atoms with van der Waals surface area (Å²) in [6.45, 7) is 9.04. The largest absolute Gasteiger partial charge is 0.306 e. The third-order valence-corrected chi connectivity index (χ3v) is 3.57. The van der Waals surface area contributed by atoms with Crippen molar-refractivity contribution in [2.24, 2.45) is 11.8 Å². The van der Waals surface area contributed by atoms with Crippen LogP contribution in [0.3, 0.4) is 0 Å². The van der Waals surface area contributed by atoms with Crippen molar-refractivity contribution in [1.29, 1.82) is 0 Å². The molecule has 2 fully saturated rings. The topological polar surface area (TPSA) is 6.48 Å². The van der Waals surface area contributed by atoms with Gasteiger partial charge in [0.1, 0.15) is 0 Å². The zero-order chi connectivity index (χ0) is 9.26. The predicted molar refractivity (Wildman–Crippen MR) is 55.8 cm³/mol. The Hall–Kier alpha value is -0.0800. The van der Waals surface area contributed by atoms with Gasteiger partial charge in [-0.05, 0) is 31.8 Å². The van der Waals surface area contributed by atoms with Crippen LogP contribution in [0, 0.1) is 11.8 Å². The second-order valence-electron chi connectivity index (χ2n) is 4.85. The lowest BCUT2D eigenvalue weighted by Crippen LogP contribution is -2.27. The molecule has 2 rings (SSSR count). The SMILES string of the molecule is CCCCN1C[C@H]2CN(C)C[C@H]2C1. The molecule has 2 heteroatoms. The second-order valence-corrected chi connectivity index (χ2v) is 4.85. The van der Waals surface area contributed by atoms with E-state index in [9.17, 15) is 0 Å². The maximum atomic E-state index is 2.67. The van der Waals surface area contributed by atoms with Crippen LogP contribution in [0.4, 0.5) is 0 Å². The van der Waals surface area contributed by atoms with Crippen LogP contribution in [-0.4, -0.2) is 49.6 Å². The van der Waals surface area contributed by atoms with E-state index < -0.39 is 0 Å². The lowest BCUT2D eigenvalue weighted by molar-refractivity contribution is 0.275. The number of fused-ring (bicyclic) bond motifs is 1. The third kappa shape index (κ3) is 2.05. The summed E-state index contributed by atoms with van der Waals surface area (Å²) in [7, 11) is 2.26. The Bertz CT molecular complexity index is 155. The Labute approximate surface area is 81.9 Å². The highest BCUT2D eigenvalue weighted by atomic mass is 15.2. The summed E-state index contributed by atoms with van der Waals surface area (Å²) in [5, 5.41) is 0. The smallest absolute Gasteiger partial charge is 0.00256 e. The molecular formula is C11H22N2. The van der Waals surface area contributed by atoms with Crippen molar-refractivity contribution in [2.45, 2.75) is 19.8 Å². The first-order valence-corrected chi connectivity index (χ1v) is 5.70. The van der Waals surface area contributed by atoms with Gasteiger partial charge in [-0.15, -0.1) is 0 Å². The van der Waals surface area contributed by atoms with Crippen LogP contribution < -0.4 is 0 Å². The summed E-state index contributed by atoms with van der Waals surface area (Å²) >= 11 is 0. The summed E-state index contributed by atoms with van der Waals surface area (Å²) in [5.74, 6) is 1.98. The van der Waals surface area contributed by atoms with Crippen LogP contribution in [0.1, 0.15) is 19.8 Å². The minimum Gasteiger partial charge on any atom is -0.306 e. The van der Waals surface area contributed by atoms with E-state index in [0.29, 0.717) is 0 Å². The lowest BCUT2D eigenvalue weighted by Gasteiger charge is -2.18. The molecule has 0 unspecified atom stereocenters. The number of nitrogens with zero attached hydrogens (tertiary/aromatic N) is 2. The third-order valence-electron chi connectivity index (χ3n) is 3.57. The Morgan fingerprint density at radius 1 is 1.08 bits per heavy atom. The molecule has 2 saturated heterocycles. The minimum atomic E-state index is 0.988. The number of unbranched alkanes of at least 4 members (excludes halogenated alkanes) is 1. The van der Waals surface area contributed by atoms with E-state index in [1.54, 1.807) is 0 Å². The maximum absolute atomic E-state index is 2.67. The first-order chi connectivity index (χ1) is 6.29. The molecular weight excluding hydrogens is 160 g/mol. The maximum Gasteiger partial charge on any atom is 0.00256 e. The van der Waals surface area contributed by atoms with E-state index in [1.165, 1.54) is 45.6 Å². The number of hydrogen-bond acceptors (Lipinski definition) is 2. The molecule has 2 aliphatic rings. The molecule has 2 heterocycles. The summed E-state index contributed by atoms with van der Waals surface area (Å²) in [5.41, 5.74) is 0. The van der Waals surface area contributed by atoms with Gasteiger partial charge in [-0.25, -0.2) is 0 Å². The first-order valence-electron chi connectivity index (χ1n) is 5.70. The van der Waals surface area contributed by atoms with Gasteiger partial charge in [0.25, 0.3) is 0 Å². The van der Waals surface area contributed by atoms with Gasteiger partial charge in [-0.1, -0.05) is 13.3 Å². The molecule has 0 bridgehead atoms. The van der Waals surface area contributed by atoms with Gasteiger partial charge in [-0.3, -0.25) is 0 Å². The van der Waals surface area contributed by atoms with Crippen molar-refractivity contribution in [3.8, 4) is 0 Å². The van der Waals surface area contributed by atoms with Crippen LogP contribution in [-0.2, 0) is 0 Å². The zero-order valence-corrected chi connectivity index (χ0v) is 9.00. The fourth-order valence-corrected chi connectivity index (χ4v) is 2.89. The second kappa shape index (κ2) is 3.97. The van der Waals surface area contributed by atoms with Crippen LogP contribution in [0.2, 0.25) is 0 Å². The average Bonchev–Trinajstić information content (AvgIpc) is 2.57. The van der Waals surface area contributed by atoms with Gasteiger partial charge >= 0.3 is 0 Å².